The van der Waals surface area contributed by atoms with Gasteiger partial charge in [-0.3, -0.25) is 9.69 Å². The average molecular weight is 195 g/mol. The van der Waals surface area contributed by atoms with Crippen molar-refractivity contribution >= 4 is 5.91 Å². The zero-order chi connectivity index (χ0) is 10.6. The van der Waals surface area contributed by atoms with E-state index in [0.717, 1.165) is 32.1 Å². The Morgan fingerprint density at radius 1 is 1.50 bits per heavy atom. The summed E-state index contributed by atoms with van der Waals surface area (Å²) in [6.07, 6.45) is 4.80. The van der Waals surface area contributed by atoms with E-state index in [-0.39, 0.29) is 12.5 Å². The van der Waals surface area contributed by atoms with Crippen LogP contribution in [0.15, 0.2) is 0 Å². The maximum Gasteiger partial charge on any atom is 0.237 e. The van der Waals surface area contributed by atoms with Gasteiger partial charge < -0.3 is 5.73 Å². The molecule has 0 atom stereocenters. The lowest BCUT2D eigenvalue weighted by atomic mass is 9.80. The summed E-state index contributed by atoms with van der Waals surface area (Å²) < 4.78 is 0. The zero-order valence-corrected chi connectivity index (χ0v) is 8.62. The minimum absolute atomic E-state index is 0.267. The highest BCUT2D eigenvalue weighted by molar-refractivity contribution is 5.84. The number of hydrogen-bond acceptors (Lipinski definition) is 3. The van der Waals surface area contributed by atoms with Gasteiger partial charge in [0.1, 0.15) is 5.54 Å². The van der Waals surface area contributed by atoms with E-state index in [4.69, 9.17) is 11.0 Å². The normalized spacial score (nSPS) is 20.4. The lowest BCUT2D eigenvalue weighted by Crippen LogP contribution is -2.57. The first kappa shape index (κ1) is 11.0. The van der Waals surface area contributed by atoms with Gasteiger partial charge in [0.25, 0.3) is 0 Å². The Morgan fingerprint density at radius 2 is 2.07 bits per heavy atom. The van der Waals surface area contributed by atoms with Crippen LogP contribution in [0.25, 0.3) is 0 Å². The third-order valence-electron chi connectivity index (χ3n) is 3.18. The molecule has 0 saturated heterocycles. The monoisotopic (exact) mass is 195 g/mol. The Hall–Kier alpha value is -1.08. The Kier molecular flexibility index (Phi) is 3.48. The Morgan fingerprint density at radius 3 is 2.50 bits per heavy atom. The number of nitrogens with two attached hydrogens (primary N) is 1. The van der Waals surface area contributed by atoms with Crippen LogP contribution < -0.4 is 5.73 Å². The van der Waals surface area contributed by atoms with E-state index in [1.54, 1.807) is 11.9 Å². The van der Waals surface area contributed by atoms with Crippen molar-refractivity contribution in [2.75, 3.05) is 13.6 Å². The first-order valence-corrected chi connectivity index (χ1v) is 5.01. The summed E-state index contributed by atoms with van der Waals surface area (Å²) in [6, 6.07) is 2.06. The smallest absolute Gasteiger partial charge is 0.237 e. The summed E-state index contributed by atoms with van der Waals surface area (Å²) in [5.41, 5.74) is 4.88. The van der Waals surface area contributed by atoms with Crippen LogP contribution in [0.5, 0.6) is 0 Å². The quantitative estimate of drug-likeness (QED) is 0.671. The van der Waals surface area contributed by atoms with Crippen LogP contribution in [0.4, 0.5) is 0 Å². The second-order valence-electron chi connectivity index (χ2n) is 3.97. The summed E-state index contributed by atoms with van der Waals surface area (Å²) >= 11 is 0. The number of amides is 1. The predicted molar refractivity (Wildman–Crippen MR) is 53.3 cm³/mol. The molecular formula is C10H17N3O. The molecule has 1 fully saturated rings. The Balaban J connectivity index is 2.80. The van der Waals surface area contributed by atoms with Crippen LogP contribution in [-0.2, 0) is 4.79 Å². The van der Waals surface area contributed by atoms with Crippen molar-refractivity contribution < 1.29 is 4.79 Å². The minimum atomic E-state index is -0.562. The van der Waals surface area contributed by atoms with Crippen molar-refractivity contribution in [1.82, 2.24) is 4.90 Å². The summed E-state index contributed by atoms with van der Waals surface area (Å²) in [7, 11) is 1.80. The molecule has 4 nitrogen and oxygen atoms in total. The van der Waals surface area contributed by atoms with Crippen LogP contribution in [0.1, 0.15) is 32.1 Å². The van der Waals surface area contributed by atoms with Gasteiger partial charge in [-0.15, -0.1) is 0 Å². The molecule has 0 radical (unpaired) electrons. The number of primary amides is 1. The fourth-order valence-electron chi connectivity index (χ4n) is 2.21. The average Bonchev–Trinajstić information content (AvgIpc) is 2.19. The highest BCUT2D eigenvalue weighted by atomic mass is 16.1. The van der Waals surface area contributed by atoms with Gasteiger partial charge >= 0.3 is 0 Å². The third kappa shape index (κ3) is 1.88. The van der Waals surface area contributed by atoms with E-state index in [0.29, 0.717) is 0 Å². The number of nitriles is 1. The molecule has 0 aromatic heterocycles. The molecular weight excluding hydrogens is 178 g/mol. The van der Waals surface area contributed by atoms with E-state index in [1.165, 1.54) is 0 Å². The van der Waals surface area contributed by atoms with Crippen molar-refractivity contribution in [2.24, 2.45) is 5.73 Å². The predicted octanol–water partition coefficient (Wildman–Crippen LogP) is 0.630. The largest absolute Gasteiger partial charge is 0.368 e. The molecule has 1 rings (SSSR count). The van der Waals surface area contributed by atoms with Crippen LogP contribution in [-0.4, -0.2) is 29.9 Å². The Bertz CT molecular complexity index is 251. The van der Waals surface area contributed by atoms with E-state index in [2.05, 4.69) is 6.07 Å². The Labute approximate surface area is 84.7 Å². The van der Waals surface area contributed by atoms with E-state index < -0.39 is 5.54 Å². The number of nitrogens with zero attached hydrogens (tertiary/aromatic N) is 2. The molecule has 0 unspecified atom stereocenters. The maximum atomic E-state index is 11.5. The van der Waals surface area contributed by atoms with Crippen LogP contribution >= 0.6 is 0 Å². The fraction of sp³-hybridized carbons (Fsp3) is 0.800. The molecule has 0 spiro atoms. The van der Waals surface area contributed by atoms with Crippen molar-refractivity contribution in [1.29, 1.82) is 5.26 Å². The van der Waals surface area contributed by atoms with Gasteiger partial charge in [0.15, 0.2) is 0 Å². The van der Waals surface area contributed by atoms with E-state index >= 15 is 0 Å². The van der Waals surface area contributed by atoms with Crippen molar-refractivity contribution in [3.63, 3.8) is 0 Å². The van der Waals surface area contributed by atoms with Gasteiger partial charge in [0.2, 0.25) is 5.91 Å². The number of carbonyl (C=O) groups excluding carboxylic acids is 1. The second-order valence-corrected chi connectivity index (χ2v) is 3.97. The molecule has 0 aromatic carbocycles. The summed E-state index contributed by atoms with van der Waals surface area (Å²) in [5.74, 6) is -0.282. The molecule has 0 bridgehead atoms. The molecule has 1 saturated carbocycles. The highest BCUT2D eigenvalue weighted by Crippen LogP contribution is 2.32. The standard InChI is InChI=1S/C10H17N3O/c1-13(8-7-11)10(9(12)14)5-3-2-4-6-10/h2-6,8H2,1H3,(H2,12,14). The van der Waals surface area contributed by atoms with Gasteiger partial charge in [0.05, 0.1) is 12.6 Å². The van der Waals surface area contributed by atoms with E-state index in [9.17, 15) is 4.79 Å². The van der Waals surface area contributed by atoms with Crippen molar-refractivity contribution in [2.45, 2.75) is 37.6 Å². The van der Waals surface area contributed by atoms with Gasteiger partial charge in [-0.25, -0.2) is 0 Å². The first-order chi connectivity index (χ1) is 6.63. The maximum absolute atomic E-state index is 11.5. The molecule has 0 heterocycles. The molecule has 2 N–H and O–H groups in total. The summed E-state index contributed by atoms with van der Waals surface area (Å²) in [4.78, 5) is 13.3. The van der Waals surface area contributed by atoms with Gasteiger partial charge in [-0.2, -0.15) is 5.26 Å². The lowest BCUT2D eigenvalue weighted by molar-refractivity contribution is -0.131. The number of likely N-dealkylation sites (N-methyl/N-ethyl adjacent to an activating group) is 1. The molecule has 14 heavy (non-hydrogen) atoms. The molecule has 1 aliphatic rings. The summed E-state index contributed by atoms with van der Waals surface area (Å²) in [5, 5.41) is 8.62. The van der Waals surface area contributed by atoms with Crippen molar-refractivity contribution in [3.05, 3.63) is 0 Å². The van der Waals surface area contributed by atoms with Gasteiger partial charge in [-0.1, -0.05) is 19.3 Å². The number of carbonyl (C=O) groups is 1. The van der Waals surface area contributed by atoms with Crippen LogP contribution in [0, 0.1) is 11.3 Å². The molecule has 1 aliphatic carbocycles. The van der Waals surface area contributed by atoms with Gasteiger partial charge in [0, 0.05) is 0 Å². The topological polar surface area (TPSA) is 70.1 Å². The van der Waals surface area contributed by atoms with Crippen LogP contribution in [0.3, 0.4) is 0 Å². The molecule has 78 valence electrons. The molecule has 0 aromatic rings. The summed E-state index contributed by atoms with van der Waals surface area (Å²) in [6.45, 7) is 0.267. The molecule has 1 amide bonds. The minimum Gasteiger partial charge on any atom is -0.368 e. The van der Waals surface area contributed by atoms with Crippen LogP contribution in [0.2, 0.25) is 0 Å². The number of hydrogen-bond donors (Lipinski definition) is 1. The molecule has 0 aliphatic heterocycles. The van der Waals surface area contributed by atoms with E-state index in [1.807, 2.05) is 0 Å². The zero-order valence-electron chi connectivity index (χ0n) is 8.62. The third-order valence-corrected chi connectivity index (χ3v) is 3.18. The van der Waals surface area contributed by atoms with Crippen molar-refractivity contribution in [3.8, 4) is 6.07 Å². The molecule has 4 heteroatoms. The SMILES string of the molecule is CN(CC#N)C1(C(N)=O)CCCCC1. The lowest BCUT2D eigenvalue weighted by Gasteiger charge is -2.40. The fourth-order valence-corrected chi connectivity index (χ4v) is 2.21. The van der Waals surface area contributed by atoms with Gasteiger partial charge in [-0.05, 0) is 19.9 Å². The highest BCUT2D eigenvalue weighted by Gasteiger charge is 2.41. The second kappa shape index (κ2) is 4.43. The number of rotatable bonds is 3. The first-order valence-electron chi connectivity index (χ1n) is 5.01.